The van der Waals surface area contributed by atoms with Gasteiger partial charge in [0.05, 0.1) is 11.8 Å². The molecule has 8 heteroatoms. The Morgan fingerprint density at radius 1 is 0.931 bits per heavy atom. The van der Waals surface area contributed by atoms with Crippen molar-refractivity contribution in [2.24, 2.45) is 5.10 Å². The summed E-state index contributed by atoms with van der Waals surface area (Å²) in [4.78, 5) is 23.7. The van der Waals surface area contributed by atoms with E-state index in [1.807, 2.05) is 42.5 Å². The van der Waals surface area contributed by atoms with Gasteiger partial charge >= 0.3 is 6.18 Å². The molecule has 0 saturated carbocycles. The Morgan fingerprint density at radius 3 is 2.45 bits per heavy atom. The fourth-order valence-electron chi connectivity index (χ4n) is 2.70. The van der Waals surface area contributed by atoms with Crippen LogP contribution >= 0.6 is 0 Å². The predicted molar refractivity (Wildman–Crippen MR) is 104 cm³/mol. The van der Waals surface area contributed by atoms with Gasteiger partial charge in [0, 0.05) is 11.3 Å². The zero-order valence-electron chi connectivity index (χ0n) is 15.0. The number of alkyl halides is 3. The Hall–Kier alpha value is -3.68. The highest BCUT2D eigenvalue weighted by Gasteiger charge is 2.30. The molecule has 3 aromatic rings. The van der Waals surface area contributed by atoms with E-state index in [9.17, 15) is 22.8 Å². The molecule has 0 aliphatic rings. The van der Waals surface area contributed by atoms with Crippen molar-refractivity contribution in [2.75, 3.05) is 5.32 Å². The van der Waals surface area contributed by atoms with Crippen molar-refractivity contribution in [1.29, 1.82) is 0 Å². The van der Waals surface area contributed by atoms with E-state index in [4.69, 9.17) is 0 Å². The van der Waals surface area contributed by atoms with Gasteiger partial charge in [-0.25, -0.2) is 5.43 Å². The van der Waals surface area contributed by atoms with Gasteiger partial charge in [-0.05, 0) is 29.0 Å². The highest BCUT2D eigenvalue weighted by molar-refractivity contribution is 6.04. The smallest absolute Gasteiger partial charge is 0.326 e. The lowest BCUT2D eigenvalue weighted by Gasteiger charge is -2.09. The van der Waals surface area contributed by atoms with Crippen LogP contribution in [0.4, 0.5) is 18.9 Å². The van der Waals surface area contributed by atoms with Crippen molar-refractivity contribution in [3.05, 3.63) is 77.9 Å². The number of rotatable bonds is 5. The van der Waals surface area contributed by atoms with Crippen LogP contribution in [0.15, 0.2) is 71.8 Å². The Labute approximate surface area is 164 Å². The molecule has 0 bridgehead atoms. The second kappa shape index (κ2) is 8.55. The minimum Gasteiger partial charge on any atom is -0.326 e. The third-order valence-corrected chi connectivity index (χ3v) is 4.01. The minimum absolute atomic E-state index is 0.0446. The summed E-state index contributed by atoms with van der Waals surface area (Å²) in [6.45, 7) is 0. The Bertz CT molecular complexity index is 1070. The normalized spacial score (nSPS) is 11.6. The maximum Gasteiger partial charge on any atom is 0.416 e. The number of carbonyl (C=O) groups excluding carboxylic acids is 2. The molecule has 29 heavy (non-hydrogen) atoms. The molecular weight excluding hydrogens is 383 g/mol. The van der Waals surface area contributed by atoms with Gasteiger partial charge in [-0.3, -0.25) is 9.59 Å². The first kappa shape index (κ1) is 20.1. The van der Waals surface area contributed by atoms with Crippen molar-refractivity contribution in [1.82, 2.24) is 5.43 Å². The summed E-state index contributed by atoms with van der Waals surface area (Å²) >= 11 is 0. The molecule has 0 saturated heterocycles. The van der Waals surface area contributed by atoms with Crippen molar-refractivity contribution < 1.29 is 22.8 Å². The van der Waals surface area contributed by atoms with Crippen LogP contribution in [-0.4, -0.2) is 18.0 Å². The maximum absolute atomic E-state index is 12.7. The van der Waals surface area contributed by atoms with Crippen molar-refractivity contribution in [3.8, 4) is 0 Å². The minimum atomic E-state index is -4.52. The Morgan fingerprint density at radius 2 is 1.66 bits per heavy atom. The van der Waals surface area contributed by atoms with E-state index in [2.05, 4.69) is 15.8 Å². The van der Waals surface area contributed by atoms with Crippen LogP contribution < -0.4 is 10.7 Å². The number of nitrogens with one attached hydrogen (secondary N) is 2. The molecule has 2 N–H and O–H groups in total. The van der Waals surface area contributed by atoms with Crippen LogP contribution in [0.2, 0.25) is 0 Å². The quantitative estimate of drug-likeness (QED) is 0.381. The first-order valence-electron chi connectivity index (χ1n) is 8.60. The number of halogens is 3. The van der Waals surface area contributed by atoms with E-state index in [1.165, 1.54) is 18.3 Å². The monoisotopic (exact) mass is 399 g/mol. The predicted octanol–water partition coefficient (Wildman–Crippen LogP) is 4.34. The van der Waals surface area contributed by atoms with Crippen LogP contribution in [0.1, 0.15) is 17.5 Å². The first-order chi connectivity index (χ1) is 13.8. The number of hydrogen-bond acceptors (Lipinski definition) is 3. The van der Waals surface area contributed by atoms with E-state index < -0.39 is 30.0 Å². The second-order valence-electron chi connectivity index (χ2n) is 6.17. The molecule has 2 amide bonds. The standard InChI is InChI=1S/C21H16F3N3O2/c22-21(23,24)16-8-4-9-17(11-16)26-19(28)12-20(29)27-25-13-15-7-3-6-14-5-1-2-10-18(14)15/h1-11,13H,12H2,(H,26,28)(H,27,29)/b25-13+. The number of carbonyl (C=O) groups is 2. The van der Waals surface area contributed by atoms with Crippen LogP contribution in [-0.2, 0) is 15.8 Å². The SMILES string of the molecule is O=C(CC(=O)Nc1cccc(C(F)(F)F)c1)N/N=C/c1cccc2ccccc12. The molecule has 3 rings (SSSR count). The van der Waals surface area contributed by atoms with Crippen molar-refractivity contribution >= 4 is 34.5 Å². The molecule has 0 atom stereocenters. The van der Waals surface area contributed by atoms with Crippen molar-refractivity contribution in [3.63, 3.8) is 0 Å². The van der Waals surface area contributed by atoms with Crippen LogP contribution in [0.25, 0.3) is 10.8 Å². The average molecular weight is 399 g/mol. The van der Waals surface area contributed by atoms with E-state index >= 15 is 0 Å². The van der Waals surface area contributed by atoms with Gasteiger partial charge in [0.1, 0.15) is 6.42 Å². The molecule has 0 unspecified atom stereocenters. The van der Waals surface area contributed by atoms with Gasteiger partial charge in [-0.15, -0.1) is 0 Å². The molecule has 0 fully saturated rings. The van der Waals surface area contributed by atoms with E-state index in [0.717, 1.165) is 28.5 Å². The third-order valence-electron chi connectivity index (χ3n) is 4.01. The molecule has 0 heterocycles. The van der Waals surface area contributed by atoms with Gasteiger partial charge in [-0.1, -0.05) is 48.5 Å². The summed E-state index contributed by atoms with van der Waals surface area (Å²) in [7, 11) is 0. The molecular formula is C21H16F3N3O2. The summed E-state index contributed by atoms with van der Waals surface area (Å²) in [5, 5.41) is 8.08. The van der Waals surface area contributed by atoms with Crippen molar-refractivity contribution in [2.45, 2.75) is 12.6 Å². The number of nitrogens with zero attached hydrogens (tertiary/aromatic N) is 1. The highest BCUT2D eigenvalue weighted by atomic mass is 19.4. The second-order valence-corrected chi connectivity index (χ2v) is 6.17. The summed E-state index contributed by atoms with van der Waals surface area (Å²) in [6, 6.07) is 17.5. The Balaban J connectivity index is 1.57. The summed E-state index contributed by atoms with van der Waals surface area (Å²) in [6.07, 6.45) is -3.64. The van der Waals surface area contributed by atoms with Gasteiger partial charge in [0.15, 0.2) is 0 Å². The van der Waals surface area contributed by atoms with Crippen LogP contribution in [0.3, 0.4) is 0 Å². The van der Waals surface area contributed by atoms with Gasteiger partial charge in [0.25, 0.3) is 0 Å². The van der Waals surface area contributed by atoms with Gasteiger partial charge in [0.2, 0.25) is 11.8 Å². The highest BCUT2D eigenvalue weighted by Crippen LogP contribution is 2.30. The lowest BCUT2D eigenvalue weighted by atomic mass is 10.1. The number of hydrazone groups is 1. The molecule has 0 aromatic heterocycles. The van der Waals surface area contributed by atoms with Gasteiger partial charge < -0.3 is 5.32 Å². The number of amides is 2. The van der Waals surface area contributed by atoms with E-state index in [0.29, 0.717) is 0 Å². The molecule has 0 radical (unpaired) electrons. The molecule has 0 spiro atoms. The largest absolute Gasteiger partial charge is 0.416 e. The molecule has 5 nitrogen and oxygen atoms in total. The first-order valence-corrected chi connectivity index (χ1v) is 8.60. The lowest BCUT2D eigenvalue weighted by molar-refractivity contribution is -0.137. The third kappa shape index (κ3) is 5.41. The summed E-state index contributed by atoms with van der Waals surface area (Å²) in [5.41, 5.74) is 2.09. The number of hydrogen-bond donors (Lipinski definition) is 2. The molecule has 0 aliphatic carbocycles. The fourth-order valence-corrected chi connectivity index (χ4v) is 2.70. The number of fused-ring (bicyclic) bond motifs is 1. The summed E-state index contributed by atoms with van der Waals surface area (Å²) in [5.74, 6) is -1.44. The topological polar surface area (TPSA) is 70.6 Å². The molecule has 3 aromatic carbocycles. The summed E-state index contributed by atoms with van der Waals surface area (Å²) < 4.78 is 38.1. The number of anilines is 1. The average Bonchev–Trinajstić information content (AvgIpc) is 2.67. The van der Waals surface area contributed by atoms with Gasteiger partial charge in [-0.2, -0.15) is 18.3 Å². The zero-order valence-corrected chi connectivity index (χ0v) is 15.0. The zero-order chi connectivity index (χ0) is 20.9. The Kier molecular flexibility index (Phi) is 5.92. The van der Waals surface area contributed by atoms with Crippen LogP contribution in [0.5, 0.6) is 0 Å². The maximum atomic E-state index is 12.7. The van der Waals surface area contributed by atoms with Crippen LogP contribution in [0, 0.1) is 0 Å². The molecule has 0 aliphatic heterocycles. The number of benzene rings is 3. The molecule has 148 valence electrons. The lowest BCUT2D eigenvalue weighted by Crippen LogP contribution is -2.24. The van der Waals surface area contributed by atoms with E-state index in [-0.39, 0.29) is 5.69 Å². The van der Waals surface area contributed by atoms with E-state index in [1.54, 1.807) is 0 Å². The fraction of sp³-hybridized carbons (Fsp3) is 0.0952.